The molecule has 0 saturated carbocycles. The zero-order valence-corrected chi connectivity index (χ0v) is 29.9. The van der Waals surface area contributed by atoms with Crippen LogP contribution in [0, 0.1) is 0 Å². The molecule has 0 amide bonds. The van der Waals surface area contributed by atoms with Crippen molar-refractivity contribution in [3.8, 4) is 28.6 Å². The largest absolute Gasteiger partial charge is 0.457 e. The van der Waals surface area contributed by atoms with Crippen LogP contribution in [0.3, 0.4) is 0 Å². The first-order valence-electron chi connectivity index (χ1n) is 17.4. The van der Waals surface area contributed by atoms with Crippen molar-refractivity contribution in [2.24, 2.45) is 0 Å². The molecule has 10 rings (SSSR count). The highest BCUT2D eigenvalue weighted by Crippen LogP contribution is 2.40. The van der Waals surface area contributed by atoms with Crippen LogP contribution >= 0.6 is 11.8 Å². The summed E-state index contributed by atoms with van der Waals surface area (Å²) in [6.07, 6.45) is 3.68. The maximum Gasteiger partial charge on any atom is 0.181 e. The van der Waals surface area contributed by atoms with Gasteiger partial charge in [-0.1, -0.05) is 115 Å². The Hall–Kier alpha value is -6.21. The second kappa shape index (κ2) is 12.5. The third-order valence-corrected chi connectivity index (χ3v) is 16.4. The summed E-state index contributed by atoms with van der Waals surface area (Å²) in [7, 11) is -2.75. The highest BCUT2D eigenvalue weighted by molar-refractivity contribution is 8.00. The summed E-state index contributed by atoms with van der Waals surface area (Å²) < 4.78 is 8.88. The van der Waals surface area contributed by atoms with Crippen molar-refractivity contribution in [3.05, 3.63) is 188 Å². The second-order valence-corrected chi connectivity index (χ2v) is 17.8. The Bertz CT molecular complexity index is 2700. The lowest BCUT2D eigenvalue weighted by molar-refractivity contribution is 0.483. The minimum absolute atomic E-state index is 0.758. The van der Waals surface area contributed by atoms with E-state index in [2.05, 4.69) is 143 Å². The fourth-order valence-corrected chi connectivity index (χ4v) is 14.9. The highest BCUT2D eigenvalue weighted by atomic mass is 32.2. The van der Waals surface area contributed by atoms with Gasteiger partial charge in [-0.2, -0.15) is 0 Å². The molecular formula is C46H31N3OSSi. The third kappa shape index (κ3) is 4.91. The molecule has 4 nitrogen and oxygen atoms in total. The van der Waals surface area contributed by atoms with Crippen LogP contribution in [0.4, 0.5) is 0 Å². The third-order valence-electron chi connectivity index (χ3n) is 10.1. The van der Waals surface area contributed by atoms with Crippen LogP contribution in [0.5, 0.6) is 11.5 Å². The quantitative estimate of drug-likeness (QED) is 0.163. The van der Waals surface area contributed by atoms with E-state index in [4.69, 9.17) is 9.72 Å². The van der Waals surface area contributed by atoms with Crippen LogP contribution in [0.2, 0.25) is 0 Å². The summed E-state index contributed by atoms with van der Waals surface area (Å²) in [6, 6.07) is 62.9. The molecule has 0 aliphatic carbocycles. The van der Waals surface area contributed by atoms with Crippen molar-refractivity contribution in [2.75, 3.05) is 0 Å². The van der Waals surface area contributed by atoms with Crippen molar-refractivity contribution < 1.29 is 4.74 Å². The van der Waals surface area contributed by atoms with Crippen molar-refractivity contribution in [1.82, 2.24) is 14.5 Å². The van der Waals surface area contributed by atoms with Gasteiger partial charge >= 0.3 is 0 Å². The van der Waals surface area contributed by atoms with Crippen LogP contribution in [0.15, 0.2) is 198 Å². The first kappa shape index (κ1) is 30.6. The Balaban J connectivity index is 1.22. The molecule has 0 N–H and O–H groups in total. The van der Waals surface area contributed by atoms with Crippen LogP contribution in [0.25, 0.3) is 38.9 Å². The van der Waals surface area contributed by atoms with E-state index in [1.165, 1.54) is 35.9 Å². The number of rotatable bonds is 6. The smallest absolute Gasteiger partial charge is 0.181 e. The summed E-state index contributed by atoms with van der Waals surface area (Å²) in [5.74, 6) is 2.39. The van der Waals surface area contributed by atoms with Crippen LogP contribution in [-0.4, -0.2) is 22.6 Å². The molecule has 0 bridgehead atoms. The normalized spacial score (nSPS) is 13.1. The second-order valence-electron chi connectivity index (χ2n) is 13.0. The molecule has 0 fully saturated rings. The highest BCUT2D eigenvalue weighted by Gasteiger charge is 2.47. The number of pyridine rings is 2. The van der Waals surface area contributed by atoms with E-state index in [-0.39, 0.29) is 0 Å². The number of ether oxygens (including phenoxy) is 1. The maximum absolute atomic E-state index is 6.57. The van der Waals surface area contributed by atoms with Gasteiger partial charge in [-0.3, -0.25) is 9.55 Å². The lowest BCUT2D eigenvalue weighted by Gasteiger charge is -2.40. The van der Waals surface area contributed by atoms with Gasteiger partial charge in [0.05, 0.1) is 16.7 Å². The first-order valence-corrected chi connectivity index (χ1v) is 20.2. The number of nitrogens with zero attached hydrogens (tertiary/aromatic N) is 3. The first-order chi connectivity index (χ1) is 25.8. The van der Waals surface area contributed by atoms with Gasteiger partial charge in [0, 0.05) is 44.6 Å². The molecule has 0 unspecified atom stereocenters. The van der Waals surface area contributed by atoms with Gasteiger partial charge in [-0.25, -0.2) is 4.98 Å². The zero-order chi connectivity index (χ0) is 34.5. The monoisotopic (exact) mass is 701 g/mol. The Morgan fingerprint density at radius 2 is 1.17 bits per heavy atom. The molecule has 246 valence electrons. The number of benzene rings is 6. The van der Waals surface area contributed by atoms with Gasteiger partial charge in [0.25, 0.3) is 0 Å². The molecule has 6 aromatic carbocycles. The van der Waals surface area contributed by atoms with E-state index in [0.717, 1.165) is 45.0 Å². The van der Waals surface area contributed by atoms with E-state index >= 15 is 0 Å². The lowest BCUT2D eigenvalue weighted by Crippen LogP contribution is -2.76. The molecule has 0 radical (unpaired) electrons. The average Bonchev–Trinajstić information content (AvgIpc) is 3.53. The molecule has 4 heterocycles. The van der Waals surface area contributed by atoms with Gasteiger partial charge < -0.3 is 4.74 Å². The van der Waals surface area contributed by atoms with Crippen LogP contribution in [0.1, 0.15) is 0 Å². The predicted molar refractivity (Wildman–Crippen MR) is 216 cm³/mol. The Morgan fingerprint density at radius 1 is 0.481 bits per heavy atom. The van der Waals surface area contributed by atoms with Gasteiger partial charge in [0.2, 0.25) is 0 Å². The molecule has 0 spiro atoms. The zero-order valence-electron chi connectivity index (χ0n) is 28.1. The number of hydrogen-bond donors (Lipinski definition) is 0. The maximum atomic E-state index is 6.57. The summed E-state index contributed by atoms with van der Waals surface area (Å²) in [6.45, 7) is 0. The van der Waals surface area contributed by atoms with Crippen molar-refractivity contribution >= 4 is 62.4 Å². The minimum Gasteiger partial charge on any atom is -0.457 e. The van der Waals surface area contributed by atoms with E-state index in [9.17, 15) is 0 Å². The Morgan fingerprint density at radius 3 is 1.92 bits per heavy atom. The van der Waals surface area contributed by atoms with Crippen molar-refractivity contribution in [1.29, 1.82) is 0 Å². The molecule has 0 atom stereocenters. The van der Waals surface area contributed by atoms with E-state index < -0.39 is 8.07 Å². The van der Waals surface area contributed by atoms with Crippen molar-refractivity contribution in [3.63, 3.8) is 0 Å². The summed E-state index contributed by atoms with van der Waals surface area (Å²) in [5, 5.41) is 7.91. The number of hydrogen-bond acceptors (Lipinski definition) is 4. The molecule has 6 heteroatoms. The molecule has 52 heavy (non-hydrogen) atoms. The van der Waals surface area contributed by atoms with Crippen molar-refractivity contribution in [2.45, 2.75) is 9.79 Å². The fourth-order valence-electron chi connectivity index (χ4n) is 7.88. The molecule has 1 aliphatic heterocycles. The minimum atomic E-state index is -2.75. The Kier molecular flexibility index (Phi) is 7.37. The number of fused-ring (bicyclic) bond motifs is 5. The predicted octanol–water partition coefficient (Wildman–Crippen LogP) is 8.88. The fraction of sp³-hybridized carbons (Fsp3) is 0. The molecule has 3 aromatic heterocycles. The van der Waals surface area contributed by atoms with Gasteiger partial charge in [0.15, 0.2) is 8.07 Å². The van der Waals surface area contributed by atoms with E-state index in [0.29, 0.717) is 0 Å². The molecule has 1 aliphatic rings. The standard InChI is InChI=1S/C46H31N3OSSi/c1-3-16-35(17-4-1)52(36-18-5-2-6-19-36)44-22-8-7-21-42(44)51-43-30-38-37-25-24-34(50-33-15-13-14-32(28-33)39-20-9-11-26-47-39)29-40(37)49(41(38)31-45(43)52)46-23-10-12-27-48-46/h1-31H. The van der Waals surface area contributed by atoms with E-state index in [1.54, 1.807) is 0 Å². The summed E-state index contributed by atoms with van der Waals surface area (Å²) >= 11 is 1.89. The molecule has 0 saturated heterocycles. The topological polar surface area (TPSA) is 39.9 Å². The Labute approximate surface area is 307 Å². The van der Waals surface area contributed by atoms with Gasteiger partial charge in [-0.15, -0.1) is 0 Å². The van der Waals surface area contributed by atoms with E-state index in [1.807, 2.05) is 66.6 Å². The molecular weight excluding hydrogens is 671 g/mol. The summed E-state index contributed by atoms with van der Waals surface area (Å²) in [4.78, 5) is 12.1. The SMILES string of the molecule is c1ccc([Si]2(c3ccccc3)c3ccccc3Sc3cc4c5ccc(Oc6cccc(-c7ccccn7)c6)cc5n(-c5ccccn5)c4cc32)cc1. The summed E-state index contributed by atoms with van der Waals surface area (Å²) in [5.41, 5.74) is 4.10. The average molecular weight is 702 g/mol. The van der Waals surface area contributed by atoms with Gasteiger partial charge in [0.1, 0.15) is 17.3 Å². The van der Waals surface area contributed by atoms with Crippen LogP contribution < -0.4 is 25.5 Å². The molecule has 9 aromatic rings. The number of aromatic nitrogens is 3. The van der Waals surface area contributed by atoms with Gasteiger partial charge in [-0.05, 0) is 87.5 Å². The lowest BCUT2D eigenvalue weighted by atomic mass is 10.1. The van der Waals surface area contributed by atoms with Crippen LogP contribution in [-0.2, 0) is 0 Å².